The number of carbonyl (C=O) groups is 1. The van der Waals surface area contributed by atoms with Gasteiger partial charge in [-0.3, -0.25) is 10.2 Å². The van der Waals surface area contributed by atoms with Crippen molar-refractivity contribution in [3.05, 3.63) is 30.3 Å². The summed E-state index contributed by atoms with van der Waals surface area (Å²) in [5.41, 5.74) is 3.81. The Hall–Kier alpha value is -0.940. The van der Waals surface area contributed by atoms with Crippen LogP contribution in [0.4, 0.5) is 5.69 Å². The molecule has 0 aliphatic heterocycles. The van der Waals surface area contributed by atoms with E-state index in [-0.39, 0.29) is 5.12 Å². The molecule has 0 radical (unpaired) electrons. The summed E-state index contributed by atoms with van der Waals surface area (Å²) < 4.78 is 0.714. The van der Waals surface area contributed by atoms with Crippen LogP contribution in [0.2, 0.25) is 0 Å². The number of anilines is 1. The molecule has 3 nitrogen and oxygen atoms in total. The van der Waals surface area contributed by atoms with E-state index in [1.165, 1.54) is 18.7 Å². The third-order valence-corrected chi connectivity index (χ3v) is 3.20. The van der Waals surface area contributed by atoms with Crippen LogP contribution in [-0.4, -0.2) is 15.7 Å². The molecule has 80 valence electrons. The number of hydrogen-bond acceptors (Lipinski definition) is 5. The zero-order valence-corrected chi connectivity index (χ0v) is 10.2. The summed E-state index contributed by atoms with van der Waals surface area (Å²) in [5, 5.41) is 4.16. The van der Waals surface area contributed by atoms with Crippen molar-refractivity contribution in [1.29, 1.82) is 0 Å². The van der Waals surface area contributed by atoms with Crippen molar-refractivity contribution in [3.8, 4) is 0 Å². The van der Waals surface area contributed by atoms with Gasteiger partial charge in [0.05, 0.1) is 5.69 Å². The molecule has 0 aromatic heterocycles. The highest BCUT2D eigenvalue weighted by Gasteiger charge is 2.02. The Morgan fingerprint density at radius 2 is 2.00 bits per heavy atom. The lowest BCUT2D eigenvalue weighted by Gasteiger charge is -2.02. The molecule has 1 N–H and O–H groups in total. The van der Waals surface area contributed by atoms with E-state index >= 15 is 0 Å². The minimum absolute atomic E-state index is 0.0398. The van der Waals surface area contributed by atoms with E-state index in [0.717, 1.165) is 17.4 Å². The van der Waals surface area contributed by atoms with Crippen LogP contribution < -0.4 is 5.43 Å². The van der Waals surface area contributed by atoms with E-state index in [2.05, 4.69) is 10.5 Å². The fourth-order valence-corrected chi connectivity index (χ4v) is 2.02. The van der Waals surface area contributed by atoms with Crippen LogP contribution in [0.3, 0.4) is 0 Å². The average molecular weight is 240 g/mol. The predicted molar refractivity (Wildman–Crippen MR) is 69.3 cm³/mol. The number of benzene rings is 1. The average Bonchev–Trinajstić information content (AvgIpc) is 2.25. The molecule has 0 saturated heterocycles. The molecule has 15 heavy (non-hydrogen) atoms. The Morgan fingerprint density at radius 1 is 1.33 bits per heavy atom. The normalized spacial score (nSPS) is 11.2. The molecule has 0 bridgehead atoms. The molecule has 0 fully saturated rings. The first-order chi connectivity index (χ1) is 7.22. The van der Waals surface area contributed by atoms with Gasteiger partial charge in [-0.05, 0) is 30.2 Å². The second-order valence-electron chi connectivity index (χ2n) is 2.65. The Morgan fingerprint density at radius 3 is 2.53 bits per heavy atom. The summed E-state index contributed by atoms with van der Waals surface area (Å²) in [5.74, 6) is 0. The molecule has 0 heterocycles. The lowest BCUT2D eigenvalue weighted by Crippen LogP contribution is -1.96. The van der Waals surface area contributed by atoms with Crippen LogP contribution >= 0.6 is 23.5 Å². The topological polar surface area (TPSA) is 41.5 Å². The van der Waals surface area contributed by atoms with E-state index in [0.29, 0.717) is 4.38 Å². The number of rotatable bonds is 2. The van der Waals surface area contributed by atoms with Gasteiger partial charge in [-0.15, -0.1) is 11.8 Å². The van der Waals surface area contributed by atoms with E-state index in [1.807, 2.05) is 36.6 Å². The number of nitrogens with zero attached hydrogens (tertiary/aromatic N) is 1. The van der Waals surface area contributed by atoms with Crippen molar-refractivity contribution in [3.63, 3.8) is 0 Å². The molecule has 0 atom stereocenters. The monoisotopic (exact) mass is 240 g/mol. The number of thioether (sulfide) groups is 2. The molecule has 0 spiro atoms. The van der Waals surface area contributed by atoms with Crippen molar-refractivity contribution < 1.29 is 4.79 Å². The largest absolute Gasteiger partial charge is 0.287 e. The highest BCUT2D eigenvalue weighted by molar-refractivity contribution is 8.44. The van der Waals surface area contributed by atoms with E-state index in [4.69, 9.17) is 0 Å². The van der Waals surface area contributed by atoms with E-state index in [1.54, 1.807) is 0 Å². The standard InChI is InChI=1S/C10H12N2OS2/c1-8(13)15-10(14-2)12-11-9-6-4-3-5-7-9/h3-7,11H,1-2H3/b12-10+. The maximum absolute atomic E-state index is 10.9. The van der Waals surface area contributed by atoms with E-state index < -0.39 is 0 Å². The number of nitrogens with one attached hydrogen (secondary N) is 1. The molecule has 0 aliphatic rings. The molecule has 5 heteroatoms. The Bertz CT molecular complexity index is 352. The van der Waals surface area contributed by atoms with Crippen LogP contribution in [0, 0.1) is 0 Å². The van der Waals surface area contributed by atoms with Crippen molar-refractivity contribution in [1.82, 2.24) is 0 Å². The number of carbonyl (C=O) groups excluding carboxylic acids is 1. The van der Waals surface area contributed by atoms with Crippen molar-refractivity contribution in [2.24, 2.45) is 5.10 Å². The summed E-state index contributed by atoms with van der Waals surface area (Å²) in [6, 6.07) is 9.62. The second kappa shape index (κ2) is 6.53. The van der Waals surface area contributed by atoms with Crippen molar-refractivity contribution in [2.75, 3.05) is 11.7 Å². The van der Waals surface area contributed by atoms with Gasteiger partial charge >= 0.3 is 0 Å². The second-order valence-corrected chi connectivity index (χ2v) is 4.87. The lowest BCUT2D eigenvalue weighted by atomic mass is 10.3. The van der Waals surface area contributed by atoms with E-state index in [9.17, 15) is 4.79 Å². The SMILES string of the molecule is CS/C(=N\Nc1ccccc1)SC(C)=O. The Labute approximate surface area is 97.7 Å². The van der Waals surface area contributed by atoms with Crippen molar-refractivity contribution in [2.45, 2.75) is 6.92 Å². The van der Waals surface area contributed by atoms with Crippen LogP contribution in [0.5, 0.6) is 0 Å². The van der Waals surface area contributed by atoms with Crippen LogP contribution in [0.1, 0.15) is 6.92 Å². The van der Waals surface area contributed by atoms with Gasteiger partial charge in [0.1, 0.15) is 0 Å². The summed E-state index contributed by atoms with van der Waals surface area (Å²) >= 11 is 2.58. The summed E-state index contributed by atoms with van der Waals surface area (Å²) in [6.45, 7) is 1.53. The summed E-state index contributed by atoms with van der Waals surface area (Å²) in [4.78, 5) is 10.9. The smallest absolute Gasteiger partial charge is 0.192 e. The molecular formula is C10H12N2OS2. The van der Waals surface area contributed by atoms with Crippen LogP contribution in [-0.2, 0) is 4.79 Å². The highest BCUT2D eigenvalue weighted by Crippen LogP contribution is 2.16. The third-order valence-electron chi connectivity index (χ3n) is 1.46. The zero-order chi connectivity index (χ0) is 11.1. The predicted octanol–water partition coefficient (Wildman–Crippen LogP) is 3.01. The van der Waals surface area contributed by atoms with Crippen LogP contribution in [0.25, 0.3) is 0 Å². The summed E-state index contributed by atoms with van der Waals surface area (Å²) in [7, 11) is 0. The Balaban J connectivity index is 2.58. The fraction of sp³-hybridized carbons (Fsp3) is 0.200. The third kappa shape index (κ3) is 4.90. The molecular weight excluding hydrogens is 228 g/mol. The molecule has 0 aliphatic carbocycles. The van der Waals surface area contributed by atoms with Gasteiger partial charge in [0.2, 0.25) is 0 Å². The van der Waals surface area contributed by atoms with Gasteiger partial charge in [0.15, 0.2) is 9.49 Å². The molecule has 1 rings (SSSR count). The number of hydrogen-bond donors (Lipinski definition) is 1. The Kier molecular flexibility index (Phi) is 5.28. The highest BCUT2D eigenvalue weighted by atomic mass is 32.2. The quantitative estimate of drug-likeness (QED) is 0.490. The molecule has 0 saturated carbocycles. The fourth-order valence-electron chi connectivity index (χ4n) is 0.856. The minimum Gasteiger partial charge on any atom is -0.287 e. The summed E-state index contributed by atoms with van der Waals surface area (Å²) in [6.07, 6.45) is 1.89. The first-order valence-corrected chi connectivity index (χ1v) is 6.37. The van der Waals surface area contributed by atoms with Gasteiger partial charge in [-0.25, -0.2) is 0 Å². The van der Waals surface area contributed by atoms with Gasteiger partial charge in [0.25, 0.3) is 0 Å². The molecule has 0 amide bonds. The number of para-hydroxylation sites is 1. The molecule has 0 unspecified atom stereocenters. The molecule has 1 aromatic carbocycles. The maximum atomic E-state index is 10.9. The first kappa shape index (κ1) is 12.1. The maximum Gasteiger partial charge on any atom is 0.192 e. The minimum atomic E-state index is 0.0398. The van der Waals surface area contributed by atoms with Crippen molar-refractivity contribution >= 4 is 38.7 Å². The molecule has 1 aromatic rings. The van der Waals surface area contributed by atoms with Gasteiger partial charge in [0, 0.05) is 6.92 Å². The lowest BCUT2D eigenvalue weighted by molar-refractivity contribution is -0.109. The van der Waals surface area contributed by atoms with Gasteiger partial charge in [-0.1, -0.05) is 18.2 Å². The first-order valence-electron chi connectivity index (χ1n) is 4.33. The number of hydrazone groups is 1. The van der Waals surface area contributed by atoms with Crippen LogP contribution in [0.15, 0.2) is 35.4 Å². The van der Waals surface area contributed by atoms with Gasteiger partial charge in [-0.2, -0.15) is 5.10 Å². The van der Waals surface area contributed by atoms with Gasteiger partial charge < -0.3 is 0 Å². The zero-order valence-electron chi connectivity index (χ0n) is 8.56.